The molecule has 0 spiro atoms. The zero-order valence-corrected chi connectivity index (χ0v) is 12.9. The molecule has 108 valence electrons. The fourth-order valence-corrected chi connectivity index (χ4v) is 3.63. The van der Waals surface area contributed by atoms with E-state index in [4.69, 9.17) is 4.42 Å². The Bertz CT molecular complexity index is 741. The topological polar surface area (TPSA) is 64.7 Å². The minimum absolute atomic E-state index is 0.0287. The molecule has 2 heterocycles. The SMILES string of the molecule is Cc1nnc(S[C@@H](C)c2nnc(-c3ccc(F)cc3)o2)s1. The molecule has 0 bridgehead atoms. The summed E-state index contributed by atoms with van der Waals surface area (Å²) >= 11 is 3.04. The number of benzene rings is 1. The van der Waals surface area contributed by atoms with Crippen LogP contribution in [0.4, 0.5) is 4.39 Å². The monoisotopic (exact) mass is 322 g/mol. The van der Waals surface area contributed by atoms with Crippen molar-refractivity contribution >= 4 is 23.1 Å². The highest BCUT2D eigenvalue weighted by Crippen LogP contribution is 2.36. The number of aryl methyl sites for hydroxylation is 1. The molecule has 0 fully saturated rings. The summed E-state index contributed by atoms with van der Waals surface area (Å²) in [6.07, 6.45) is 0. The van der Waals surface area contributed by atoms with Crippen LogP contribution in [0.1, 0.15) is 23.1 Å². The summed E-state index contributed by atoms with van der Waals surface area (Å²) < 4.78 is 19.4. The molecule has 0 saturated carbocycles. The van der Waals surface area contributed by atoms with Crippen molar-refractivity contribution in [1.29, 1.82) is 0 Å². The molecule has 0 aliphatic heterocycles. The minimum atomic E-state index is -0.297. The van der Waals surface area contributed by atoms with Crippen molar-refractivity contribution in [2.45, 2.75) is 23.4 Å². The summed E-state index contributed by atoms with van der Waals surface area (Å²) in [6.45, 7) is 3.87. The molecular weight excluding hydrogens is 311 g/mol. The minimum Gasteiger partial charge on any atom is -0.419 e. The summed E-state index contributed by atoms with van der Waals surface area (Å²) in [5, 5.41) is 17.0. The Labute approximate surface area is 128 Å². The highest BCUT2D eigenvalue weighted by molar-refractivity contribution is 8.01. The molecule has 0 amide bonds. The Morgan fingerprint density at radius 2 is 1.90 bits per heavy atom. The van der Waals surface area contributed by atoms with Gasteiger partial charge >= 0.3 is 0 Å². The van der Waals surface area contributed by atoms with Crippen LogP contribution in [0.5, 0.6) is 0 Å². The number of rotatable bonds is 4. The van der Waals surface area contributed by atoms with E-state index >= 15 is 0 Å². The average Bonchev–Trinajstić information content (AvgIpc) is 3.09. The van der Waals surface area contributed by atoms with Gasteiger partial charge in [-0.15, -0.1) is 20.4 Å². The van der Waals surface area contributed by atoms with Crippen LogP contribution < -0.4 is 0 Å². The maximum Gasteiger partial charge on any atom is 0.247 e. The lowest BCUT2D eigenvalue weighted by atomic mass is 10.2. The number of hydrogen-bond donors (Lipinski definition) is 0. The Balaban J connectivity index is 1.76. The second-order valence-corrected chi connectivity index (χ2v) is 7.07. The van der Waals surface area contributed by atoms with E-state index in [0.717, 1.165) is 9.35 Å². The van der Waals surface area contributed by atoms with Gasteiger partial charge in [0.1, 0.15) is 10.8 Å². The molecule has 0 saturated heterocycles. The van der Waals surface area contributed by atoms with Crippen LogP contribution in [-0.2, 0) is 0 Å². The molecule has 8 heteroatoms. The van der Waals surface area contributed by atoms with Gasteiger partial charge in [0, 0.05) is 5.56 Å². The van der Waals surface area contributed by atoms with Crippen LogP contribution in [0.25, 0.3) is 11.5 Å². The van der Waals surface area contributed by atoms with Gasteiger partial charge < -0.3 is 4.42 Å². The summed E-state index contributed by atoms with van der Waals surface area (Å²) in [6, 6.07) is 5.94. The Hall–Kier alpha value is -1.80. The first-order valence-corrected chi connectivity index (χ1v) is 7.87. The largest absolute Gasteiger partial charge is 0.419 e. The zero-order chi connectivity index (χ0) is 14.8. The molecule has 0 radical (unpaired) electrons. The van der Waals surface area contributed by atoms with E-state index in [2.05, 4.69) is 20.4 Å². The smallest absolute Gasteiger partial charge is 0.247 e. The lowest BCUT2D eigenvalue weighted by Gasteiger charge is -2.02. The second-order valence-electron chi connectivity index (χ2n) is 4.30. The van der Waals surface area contributed by atoms with Crippen LogP contribution in [-0.4, -0.2) is 20.4 Å². The van der Waals surface area contributed by atoms with Gasteiger partial charge in [0.15, 0.2) is 4.34 Å². The van der Waals surface area contributed by atoms with Gasteiger partial charge in [0.05, 0.1) is 5.25 Å². The molecule has 3 aromatic rings. The van der Waals surface area contributed by atoms with E-state index in [1.165, 1.54) is 35.2 Å². The van der Waals surface area contributed by atoms with Gasteiger partial charge in [0.25, 0.3) is 0 Å². The van der Waals surface area contributed by atoms with Crippen molar-refractivity contribution in [3.8, 4) is 11.5 Å². The predicted molar refractivity (Wildman–Crippen MR) is 78.6 cm³/mol. The van der Waals surface area contributed by atoms with Crippen LogP contribution in [0, 0.1) is 12.7 Å². The van der Waals surface area contributed by atoms with Crippen LogP contribution in [0.2, 0.25) is 0 Å². The molecule has 0 aliphatic carbocycles. The molecule has 3 rings (SSSR count). The van der Waals surface area contributed by atoms with Crippen LogP contribution >= 0.6 is 23.1 Å². The average molecular weight is 322 g/mol. The Morgan fingerprint density at radius 1 is 1.14 bits per heavy atom. The third-order valence-corrected chi connectivity index (χ3v) is 4.68. The lowest BCUT2D eigenvalue weighted by Crippen LogP contribution is -1.88. The van der Waals surface area contributed by atoms with E-state index in [9.17, 15) is 4.39 Å². The number of nitrogens with zero attached hydrogens (tertiary/aromatic N) is 4. The van der Waals surface area contributed by atoms with Crippen molar-refractivity contribution in [1.82, 2.24) is 20.4 Å². The molecule has 0 unspecified atom stereocenters. The summed E-state index contributed by atoms with van der Waals surface area (Å²) in [4.78, 5) is 0. The maximum atomic E-state index is 12.9. The number of aromatic nitrogens is 4. The summed E-state index contributed by atoms with van der Waals surface area (Å²) in [7, 11) is 0. The van der Waals surface area contributed by atoms with Gasteiger partial charge in [-0.25, -0.2) is 4.39 Å². The number of hydrogen-bond acceptors (Lipinski definition) is 7. The number of halogens is 1. The van der Waals surface area contributed by atoms with Crippen molar-refractivity contribution in [3.63, 3.8) is 0 Å². The fourth-order valence-electron chi connectivity index (χ4n) is 1.64. The Kier molecular flexibility index (Phi) is 3.98. The molecule has 21 heavy (non-hydrogen) atoms. The third kappa shape index (κ3) is 3.27. The highest BCUT2D eigenvalue weighted by atomic mass is 32.2. The first kappa shape index (κ1) is 14.2. The molecule has 0 N–H and O–H groups in total. The zero-order valence-electron chi connectivity index (χ0n) is 11.3. The Morgan fingerprint density at radius 3 is 2.57 bits per heavy atom. The summed E-state index contributed by atoms with van der Waals surface area (Å²) in [5.74, 6) is 0.590. The quantitative estimate of drug-likeness (QED) is 0.679. The molecule has 5 nitrogen and oxygen atoms in total. The van der Waals surface area contributed by atoms with E-state index in [0.29, 0.717) is 17.3 Å². The normalized spacial score (nSPS) is 12.5. The van der Waals surface area contributed by atoms with Crippen molar-refractivity contribution in [2.75, 3.05) is 0 Å². The first-order valence-electron chi connectivity index (χ1n) is 6.18. The first-order chi connectivity index (χ1) is 10.1. The van der Waals surface area contributed by atoms with Gasteiger partial charge in [-0.05, 0) is 38.1 Å². The lowest BCUT2D eigenvalue weighted by molar-refractivity contribution is 0.509. The van der Waals surface area contributed by atoms with E-state index < -0.39 is 0 Å². The molecule has 0 aliphatic rings. The van der Waals surface area contributed by atoms with Gasteiger partial charge in [0.2, 0.25) is 11.8 Å². The third-order valence-electron chi connectivity index (χ3n) is 2.66. The molecular formula is C13H11FN4OS2. The van der Waals surface area contributed by atoms with Crippen molar-refractivity contribution < 1.29 is 8.81 Å². The standard InChI is InChI=1S/C13H11FN4OS2/c1-7(20-13-18-15-8(2)21-13)11-16-17-12(19-11)9-3-5-10(14)6-4-9/h3-7H,1-2H3/t7-/m0/s1. The van der Waals surface area contributed by atoms with E-state index in [-0.39, 0.29) is 11.1 Å². The van der Waals surface area contributed by atoms with Gasteiger partial charge in [-0.3, -0.25) is 0 Å². The maximum absolute atomic E-state index is 12.9. The van der Waals surface area contributed by atoms with Crippen molar-refractivity contribution in [2.24, 2.45) is 0 Å². The summed E-state index contributed by atoms with van der Waals surface area (Å²) in [5.41, 5.74) is 0.694. The molecule has 1 atom stereocenters. The van der Waals surface area contributed by atoms with Crippen LogP contribution in [0.3, 0.4) is 0 Å². The van der Waals surface area contributed by atoms with Crippen LogP contribution in [0.15, 0.2) is 33.0 Å². The predicted octanol–water partition coefficient (Wildman–Crippen LogP) is 3.89. The molecule has 1 aromatic carbocycles. The molecule has 2 aromatic heterocycles. The van der Waals surface area contributed by atoms with Gasteiger partial charge in [-0.1, -0.05) is 23.1 Å². The second kappa shape index (κ2) is 5.90. The number of thioether (sulfide) groups is 1. The highest BCUT2D eigenvalue weighted by Gasteiger charge is 2.18. The van der Waals surface area contributed by atoms with Gasteiger partial charge in [-0.2, -0.15) is 0 Å². The fraction of sp³-hybridized carbons (Fsp3) is 0.231. The van der Waals surface area contributed by atoms with E-state index in [1.54, 1.807) is 12.1 Å². The van der Waals surface area contributed by atoms with E-state index in [1.807, 2.05) is 13.8 Å². The van der Waals surface area contributed by atoms with Crippen molar-refractivity contribution in [3.05, 3.63) is 41.0 Å².